The Balaban J connectivity index is 2.01. The molecule has 2 rings (SSSR count). The number of ether oxygens (including phenoxy) is 1. The molecule has 0 unspecified atom stereocenters. The summed E-state index contributed by atoms with van der Waals surface area (Å²) >= 11 is 7.26. The molecule has 124 valence electrons. The van der Waals surface area contributed by atoms with Crippen LogP contribution in [0.4, 0.5) is 5.95 Å². The number of hydrogen-bond donors (Lipinski definition) is 2. The predicted molar refractivity (Wildman–Crippen MR) is 90.6 cm³/mol. The maximum Gasteiger partial charge on any atom is 0.233 e. The van der Waals surface area contributed by atoms with Crippen molar-refractivity contribution < 1.29 is 9.53 Å². The molecule has 0 aliphatic rings. The number of H-pyrrole nitrogens is 1. The minimum absolute atomic E-state index is 0.0251. The first-order valence-corrected chi connectivity index (χ1v) is 8.30. The highest BCUT2D eigenvalue weighted by Crippen LogP contribution is 2.24. The average Bonchev–Trinajstić information content (AvgIpc) is 2.96. The fourth-order valence-corrected chi connectivity index (χ4v) is 2.90. The van der Waals surface area contributed by atoms with Crippen LogP contribution in [0.1, 0.15) is 12.5 Å². The van der Waals surface area contributed by atoms with E-state index in [9.17, 15) is 4.79 Å². The molecular weight excluding hydrogens is 338 g/mol. The summed E-state index contributed by atoms with van der Waals surface area (Å²) in [5, 5.41) is 7.48. The van der Waals surface area contributed by atoms with Crippen LogP contribution in [-0.2, 0) is 11.3 Å². The number of amides is 1. The highest BCUT2D eigenvalue weighted by atomic mass is 35.5. The molecule has 0 atom stereocenters. The highest BCUT2D eigenvalue weighted by Gasteiger charge is 2.16. The van der Waals surface area contributed by atoms with Crippen molar-refractivity contribution in [2.75, 3.05) is 25.1 Å². The Morgan fingerprint density at radius 2 is 2.30 bits per heavy atom. The van der Waals surface area contributed by atoms with E-state index in [1.54, 1.807) is 30.2 Å². The molecule has 9 heteroatoms. The molecule has 0 spiro atoms. The van der Waals surface area contributed by atoms with Crippen molar-refractivity contribution in [1.82, 2.24) is 20.1 Å². The van der Waals surface area contributed by atoms with Crippen LogP contribution in [0.2, 0.25) is 5.02 Å². The molecular formula is C14H18ClN5O2S. The highest BCUT2D eigenvalue weighted by molar-refractivity contribution is 7.99. The summed E-state index contributed by atoms with van der Waals surface area (Å²) in [6.07, 6.45) is 0. The fourth-order valence-electron chi connectivity index (χ4n) is 1.99. The fraction of sp³-hybridized carbons (Fsp3) is 0.357. The van der Waals surface area contributed by atoms with Gasteiger partial charge in [0.15, 0.2) is 0 Å². The second-order valence-corrected chi connectivity index (χ2v) is 6.03. The lowest BCUT2D eigenvalue weighted by Crippen LogP contribution is -2.31. The lowest BCUT2D eigenvalue weighted by Gasteiger charge is -2.22. The van der Waals surface area contributed by atoms with Gasteiger partial charge in [-0.25, -0.2) is 5.10 Å². The molecule has 0 aliphatic carbocycles. The number of nitrogens with one attached hydrogen (secondary N) is 1. The van der Waals surface area contributed by atoms with Gasteiger partial charge >= 0.3 is 0 Å². The topological polar surface area (TPSA) is 97.1 Å². The normalized spacial score (nSPS) is 10.6. The summed E-state index contributed by atoms with van der Waals surface area (Å²) < 4.78 is 5.32. The molecule has 0 saturated heterocycles. The van der Waals surface area contributed by atoms with E-state index in [1.807, 2.05) is 6.92 Å². The molecule has 0 aliphatic heterocycles. The van der Waals surface area contributed by atoms with E-state index in [2.05, 4.69) is 15.2 Å². The minimum Gasteiger partial charge on any atom is -0.496 e. The van der Waals surface area contributed by atoms with Gasteiger partial charge in [-0.3, -0.25) is 4.79 Å². The van der Waals surface area contributed by atoms with Crippen molar-refractivity contribution in [3.05, 3.63) is 28.8 Å². The van der Waals surface area contributed by atoms with Gasteiger partial charge in [0.05, 0.1) is 12.9 Å². The summed E-state index contributed by atoms with van der Waals surface area (Å²) in [6, 6.07) is 5.35. The first-order valence-electron chi connectivity index (χ1n) is 6.94. The number of nitrogen functional groups attached to an aromatic ring is 1. The number of thioether (sulfide) groups is 1. The number of anilines is 1. The number of nitrogens with two attached hydrogens (primary N) is 1. The van der Waals surface area contributed by atoms with Gasteiger partial charge in [0.2, 0.25) is 17.0 Å². The molecule has 1 amide bonds. The average molecular weight is 356 g/mol. The number of benzene rings is 1. The Morgan fingerprint density at radius 1 is 1.52 bits per heavy atom. The van der Waals surface area contributed by atoms with Crippen LogP contribution in [0.25, 0.3) is 0 Å². The van der Waals surface area contributed by atoms with E-state index in [1.165, 1.54) is 11.8 Å². The van der Waals surface area contributed by atoms with Crippen molar-refractivity contribution in [2.45, 2.75) is 18.6 Å². The van der Waals surface area contributed by atoms with Gasteiger partial charge in [-0.1, -0.05) is 23.4 Å². The van der Waals surface area contributed by atoms with Crippen LogP contribution in [0, 0.1) is 0 Å². The summed E-state index contributed by atoms with van der Waals surface area (Å²) in [5.74, 6) is 1.14. The molecule has 1 aromatic heterocycles. The zero-order chi connectivity index (χ0) is 16.8. The number of nitrogens with zero attached hydrogens (tertiary/aromatic N) is 3. The maximum absolute atomic E-state index is 12.4. The van der Waals surface area contributed by atoms with E-state index in [-0.39, 0.29) is 17.6 Å². The van der Waals surface area contributed by atoms with Crippen LogP contribution in [0.5, 0.6) is 5.75 Å². The predicted octanol–water partition coefficient (Wildman–Crippen LogP) is 2.19. The number of aromatic nitrogens is 3. The number of methoxy groups -OCH3 is 1. The number of aromatic amines is 1. The summed E-state index contributed by atoms with van der Waals surface area (Å²) in [4.78, 5) is 18.1. The van der Waals surface area contributed by atoms with Crippen molar-refractivity contribution in [2.24, 2.45) is 0 Å². The molecule has 0 bridgehead atoms. The molecule has 7 nitrogen and oxygen atoms in total. The molecule has 0 saturated carbocycles. The Bertz CT molecular complexity index is 679. The SMILES string of the molecule is CCN(Cc1cc(Cl)ccc1OC)C(=O)CSc1n[nH]c(N)n1. The van der Waals surface area contributed by atoms with Crippen LogP contribution >= 0.6 is 23.4 Å². The first kappa shape index (κ1) is 17.4. The van der Waals surface area contributed by atoms with Gasteiger partial charge in [-0.05, 0) is 25.1 Å². The zero-order valence-electron chi connectivity index (χ0n) is 12.9. The van der Waals surface area contributed by atoms with E-state index in [4.69, 9.17) is 22.1 Å². The van der Waals surface area contributed by atoms with Gasteiger partial charge in [-0.15, -0.1) is 5.10 Å². The third-order valence-corrected chi connectivity index (χ3v) is 4.21. The number of carbonyl (C=O) groups excluding carboxylic acids is 1. The van der Waals surface area contributed by atoms with Crippen LogP contribution in [0.15, 0.2) is 23.4 Å². The zero-order valence-corrected chi connectivity index (χ0v) is 14.4. The Kier molecular flexibility index (Phi) is 6.12. The quantitative estimate of drug-likeness (QED) is 0.739. The number of rotatable bonds is 7. The Labute approximate surface area is 143 Å². The summed E-state index contributed by atoms with van der Waals surface area (Å²) in [7, 11) is 1.59. The van der Waals surface area contributed by atoms with Crippen LogP contribution in [0.3, 0.4) is 0 Å². The van der Waals surface area contributed by atoms with Gasteiger partial charge in [-0.2, -0.15) is 4.98 Å². The number of carbonyl (C=O) groups is 1. The van der Waals surface area contributed by atoms with Gasteiger partial charge in [0.1, 0.15) is 5.75 Å². The smallest absolute Gasteiger partial charge is 0.233 e. The Hall–Kier alpha value is -1.93. The minimum atomic E-state index is -0.0251. The largest absolute Gasteiger partial charge is 0.496 e. The second-order valence-electron chi connectivity index (χ2n) is 4.66. The number of hydrogen-bond acceptors (Lipinski definition) is 6. The van der Waals surface area contributed by atoms with E-state index in [0.29, 0.717) is 29.0 Å². The first-order chi connectivity index (χ1) is 11.0. The van der Waals surface area contributed by atoms with E-state index >= 15 is 0 Å². The van der Waals surface area contributed by atoms with E-state index < -0.39 is 0 Å². The van der Waals surface area contributed by atoms with Crippen molar-refractivity contribution in [3.8, 4) is 5.75 Å². The maximum atomic E-state index is 12.4. The van der Waals surface area contributed by atoms with Crippen molar-refractivity contribution >= 4 is 35.2 Å². The monoisotopic (exact) mass is 355 g/mol. The third kappa shape index (κ3) is 4.77. The van der Waals surface area contributed by atoms with Crippen molar-refractivity contribution in [3.63, 3.8) is 0 Å². The standard InChI is InChI=1S/C14H18ClN5O2S/c1-3-20(7-9-6-10(15)4-5-11(9)22-2)12(21)8-23-14-17-13(16)18-19-14/h4-6H,3,7-8H2,1-2H3,(H3,16,17,18,19). The van der Waals surface area contributed by atoms with Crippen LogP contribution in [-0.4, -0.2) is 45.4 Å². The molecule has 2 aromatic rings. The van der Waals surface area contributed by atoms with Gasteiger partial charge < -0.3 is 15.4 Å². The summed E-state index contributed by atoms with van der Waals surface area (Å²) in [6.45, 7) is 2.92. The van der Waals surface area contributed by atoms with Gasteiger partial charge in [0, 0.05) is 23.7 Å². The molecule has 23 heavy (non-hydrogen) atoms. The lowest BCUT2D eigenvalue weighted by atomic mass is 10.2. The van der Waals surface area contributed by atoms with E-state index in [0.717, 1.165) is 5.56 Å². The van der Waals surface area contributed by atoms with Crippen LogP contribution < -0.4 is 10.5 Å². The summed E-state index contributed by atoms with van der Waals surface area (Å²) in [5.41, 5.74) is 6.32. The number of halogens is 1. The molecule has 0 radical (unpaired) electrons. The van der Waals surface area contributed by atoms with Gasteiger partial charge in [0.25, 0.3) is 0 Å². The molecule has 3 N–H and O–H groups in total. The lowest BCUT2D eigenvalue weighted by molar-refractivity contribution is -0.128. The van der Waals surface area contributed by atoms with Crippen molar-refractivity contribution in [1.29, 1.82) is 0 Å². The Morgan fingerprint density at radius 3 is 2.91 bits per heavy atom. The second kappa shape index (κ2) is 8.07. The molecule has 1 aromatic carbocycles. The third-order valence-electron chi connectivity index (χ3n) is 3.15. The molecule has 1 heterocycles. The molecule has 0 fully saturated rings.